The predicted molar refractivity (Wildman–Crippen MR) is 175 cm³/mol. The van der Waals surface area contributed by atoms with Crippen molar-refractivity contribution in [3.05, 3.63) is 81.6 Å². The fraction of sp³-hybridized carbons (Fsp3) is 0.303. The van der Waals surface area contributed by atoms with Gasteiger partial charge in [-0.15, -0.1) is 0 Å². The van der Waals surface area contributed by atoms with E-state index in [-0.39, 0.29) is 64.5 Å². The van der Waals surface area contributed by atoms with E-state index in [4.69, 9.17) is 22.3 Å². The predicted octanol–water partition coefficient (Wildman–Crippen LogP) is 4.82. The number of carbonyl (C=O) groups is 2. The number of benzene rings is 1. The molecule has 1 saturated heterocycles. The zero-order chi connectivity index (χ0) is 32.5. The highest BCUT2D eigenvalue weighted by molar-refractivity contribution is 6.33. The third kappa shape index (κ3) is 4.64. The van der Waals surface area contributed by atoms with E-state index >= 15 is 4.39 Å². The summed E-state index contributed by atoms with van der Waals surface area (Å²) in [5.74, 6) is -1.42. The van der Waals surface area contributed by atoms with Crippen LogP contribution >= 0.6 is 11.6 Å². The van der Waals surface area contributed by atoms with E-state index in [1.54, 1.807) is 34.2 Å². The van der Waals surface area contributed by atoms with Crippen molar-refractivity contribution in [3.63, 3.8) is 0 Å². The van der Waals surface area contributed by atoms with Crippen molar-refractivity contribution >= 4 is 51.5 Å². The smallest absolute Gasteiger partial charge is 0.283 e. The lowest BCUT2D eigenvalue weighted by Crippen LogP contribution is -2.66. The van der Waals surface area contributed by atoms with Crippen molar-refractivity contribution in [3.8, 4) is 16.9 Å². The molecule has 2 amide bonds. The third-order valence-corrected chi connectivity index (χ3v) is 8.99. The molecule has 1 aromatic carbocycles. The Morgan fingerprint density at radius 2 is 1.89 bits per heavy atom. The molecule has 4 aromatic rings. The fourth-order valence-electron chi connectivity index (χ4n) is 6.45. The number of aromatic nitrogens is 3. The Morgan fingerprint density at radius 3 is 2.58 bits per heavy atom. The summed E-state index contributed by atoms with van der Waals surface area (Å²) in [5.41, 5.74) is 8.63. The minimum absolute atomic E-state index is 0.0747. The van der Waals surface area contributed by atoms with Crippen LogP contribution in [0.4, 0.5) is 21.5 Å². The minimum atomic E-state index is -0.807. The monoisotopic (exact) mass is 629 g/mol. The first-order chi connectivity index (χ1) is 21.3. The van der Waals surface area contributed by atoms with Crippen molar-refractivity contribution in [1.29, 1.82) is 0 Å². The van der Waals surface area contributed by atoms with E-state index < -0.39 is 17.4 Å². The second kappa shape index (κ2) is 11.0. The van der Waals surface area contributed by atoms with Crippen LogP contribution in [0.1, 0.15) is 37.9 Å². The molecule has 1 fully saturated rings. The first-order valence-corrected chi connectivity index (χ1v) is 15.0. The highest BCUT2D eigenvalue weighted by Crippen LogP contribution is 2.43. The summed E-state index contributed by atoms with van der Waals surface area (Å²) in [5, 5.41) is 0.563. The van der Waals surface area contributed by atoms with E-state index in [1.807, 2.05) is 27.7 Å². The molecule has 2 N–H and O–H groups in total. The van der Waals surface area contributed by atoms with Crippen LogP contribution in [0.15, 0.2) is 54.0 Å². The van der Waals surface area contributed by atoms with Gasteiger partial charge in [-0.25, -0.2) is 9.37 Å². The van der Waals surface area contributed by atoms with E-state index in [2.05, 4.69) is 11.6 Å². The number of hydrogen-bond donors (Lipinski definition) is 1. The van der Waals surface area contributed by atoms with Crippen LogP contribution in [0.25, 0.3) is 28.0 Å². The number of hydrogen-bond acceptors (Lipinski definition) is 7. The van der Waals surface area contributed by atoms with Gasteiger partial charge >= 0.3 is 0 Å². The molecule has 12 heteroatoms. The number of piperazine rings is 1. The van der Waals surface area contributed by atoms with Gasteiger partial charge in [0, 0.05) is 42.5 Å². The molecule has 0 spiro atoms. The maximum atomic E-state index is 16.3. The van der Waals surface area contributed by atoms with Gasteiger partial charge in [-0.05, 0) is 61.7 Å². The number of carbonyl (C=O) groups excluding carboxylic acids is 2. The summed E-state index contributed by atoms with van der Waals surface area (Å²) in [6.45, 7) is 11.6. The zero-order valence-corrected chi connectivity index (χ0v) is 26.4. The average Bonchev–Trinajstić information content (AvgIpc) is 3.00. The third-order valence-electron chi connectivity index (χ3n) is 8.66. The lowest BCUT2D eigenvalue weighted by molar-refractivity contribution is -0.130. The lowest BCUT2D eigenvalue weighted by atomic mass is 9.98. The van der Waals surface area contributed by atoms with E-state index in [9.17, 15) is 14.4 Å². The summed E-state index contributed by atoms with van der Waals surface area (Å²) in [6, 6.07) is 6.70. The molecule has 2 aliphatic heterocycles. The molecular formula is C33H33ClFN7O3. The fourth-order valence-corrected chi connectivity index (χ4v) is 6.65. The normalized spacial score (nSPS) is 18.0. The van der Waals surface area contributed by atoms with Crippen molar-refractivity contribution in [2.24, 2.45) is 0 Å². The molecule has 232 valence electrons. The van der Waals surface area contributed by atoms with Crippen LogP contribution in [0.3, 0.4) is 0 Å². The van der Waals surface area contributed by atoms with Crippen molar-refractivity contribution in [1.82, 2.24) is 19.4 Å². The molecule has 45 heavy (non-hydrogen) atoms. The second-order valence-corrected chi connectivity index (χ2v) is 12.3. The number of nitrogens with zero attached hydrogens (tertiary/aromatic N) is 6. The van der Waals surface area contributed by atoms with Gasteiger partial charge in [-0.1, -0.05) is 32.0 Å². The summed E-state index contributed by atoms with van der Waals surface area (Å²) in [6.07, 6.45) is 2.90. The number of pyridine rings is 3. The van der Waals surface area contributed by atoms with Gasteiger partial charge in [0.15, 0.2) is 5.65 Å². The topological polar surface area (TPSA) is 118 Å². The molecule has 0 saturated carbocycles. The van der Waals surface area contributed by atoms with Crippen molar-refractivity contribution in [2.75, 3.05) is 35.7 Å². The molecule has 2 aliphatic rings. The maximum Gasteiger partial charge on any atom is 0.283 e. The molecule has 3 aromatic heterocycles. The summed E-state index contributed by atoms with van der Waals surface area (Å²) in [7, 11) is 1.53. The van der Waals surface area contributed by atoms with Gasteiger partial charge in [0.2, 0.25) is 5.91 Å². The number of nitrogen functional groups attached to an aromatic ring is 1. The van der Waals surface area contributed by atoms with Crippen molar-refractivity contribution < 1.29 is 14.0 Å². The molecule has 10 nitrogen and oxygen atoms in total. The first kappa shape index (κ1) is 30.3. The van der Waals surface area contributed by atoms with Gasteiger partial charge in [0.05, 0.1) is 28.6 Å². The van der Waals surface area contributed by atoms with Gasteiger partial charge in [-0.3, -0.25) is 23.9 Å². The molecule has 6 rings (SSSR count). The number of rotatable bonds is 4. The number of nitrogens with two attached hydrogens (primary N) is 1. The summed E-state index contributed by atoms with van der Waals surface area (Å²) < 4.78 is 17.7. The number of fused-ring (bicyclic) bond motifs is 5. The quantitative estimate of drug-likeness (QED) is 0.254. The number of aryl methyl sites for hydroxylation is 1. The number of halogens is 2. The molecule has 0 aliphatic carbocycles. The molecule has 0 radical (unpaired) electrons. The Kier molecular flexibility index (Phi) is 7.39. The summed E-state index contributed by atoms with van der Waals surface area (Å²) >= 11 is 6.51. The number of likely N-dealkylation sites (N-methyl/N-ethyl adjacent to an activating group) is 1. The minimum Gasteiger partial charge on any atom is -0.399 e. The number of amides is 2. The first-order valence-electron chi connectivity index (χ1n) is 14.6. The van der Waals surface area contributed by atoms with E-state index in [1.165, 1.54) is 34.7 Å². The highest BCUT2D eigenvalue weighted by atomic mass is 35.5. The Balaban J connectivity index is 1.75. The van der Waals surface area contributed by atoms with Crippen LogP contribution in [0.5, 0.6) is 0 Å². The van der Waals surface area contributed by atoms with Crippen LogP contribution in [-0.2, 0) is 9.59 Å². The van der Waals surface area contributed by atoms with Gasteiger partial charge in [0.1, 0.15) is 23.2 Å². The molecule has 2 unspecified atom stereocenters. The van der Waals surface area contributed by atoms with Crippen LogP contribution in [0, 0.1) is 12.7 Å². The SMILES string of the molecule is C=CC(=O)N1CC2C(=O)N(C)c3c(c4cc(F)c(-c5cc(N)ccc5Cl)nc4n(-c4c(C)ccnc4C(C)C)c3=O)N2CC1C. The van der Waals surface area contributed by atoms with Crippen LogP contribution in [-0.4, -0.2) is 63.5 Å². The van der Waals surface area contributed by atoms with Gasteiger partial charge in [0.25, 0.3) is 11.5 Å². The van der Waals surface area contributed by atoms with Crippen LogP contribution in [0.2, 0.25) is 5.02 Å². The molecule has 5 heterocycles. The Morgan fingerprint density at radius 1 is 1.16 bits per heavy atom. The van der Waals surface area contributed by atoms with Gasteiger partial charge in [-0.2, -0.15) is 0 Å². The lowest BCUT2D eigenvalue weighted by Gasteiger charge is -2.49. The Bertz CT molecular complexity index is 1990. The molecule has 0 bridgehead atoms. The standard InChI is InChI=1S/C33H33ClFN7O3/c1-7-25(43)40-15-24-32(44)39(6)30-29(41(24)14-18(40)5)21-13-23(35)27(20-12-19(36)8-9-22(20)34)38-31(21)42(33(30)45)28-17(4)10-11-37-26(28)16(2)3/h7-13,16,18,24H,1,14-15,36H2,2-6H3. The highest BCUT2D eigenvalue weighted by Gasteiger charge is 2.46. The molecule has 2 atom stereocenters. The Hall–Kier alpha value is -4.77. The maximum absolute atomic E-state index is 16.3. The largest absolute Gasteiger partial charge is 0.399 e. The van der Waals surface area contributed by atoms with E-state index in [0.29, 0.717) is 28.1 Å². The van der Waals surface area contributed by atoms with E-state index in [0.717, 1.165) is 5.56 Å². The Labute approximate surface area is 264 Å². The average molecular weight is 630 g/mol. The molecular weight excluding hydrogens is 597 g/mol. The second-order valence-electron chi connectivity index (χ2n) is 11.9. The van der Waals surface area contributed by atoms with Crippen molar-refractivity contribution in [2.45, 2.75) is 45.7 Å². The van der Waals surface area contributed by atoms with Gasteiger partial charge < -0.3 is 20.4 Å². The summed E-state index contributed by atoms with van der Waals surface area (Å²) in [4.78, 5) is 55.5. The van der Waals surface area contributed by atoms with Crippen LogP contribution < -0.4 is 21.1 Å². The number of anilines is 3. The zero-order valence-electron chi connectivity index (χ0n) is 25.6.